The maximum atomic E-state index is 6.05. The van der Waals surface area contributed by atoms with Gasteiger partial charge in [-0.1, -0.05) is 19.0 Å². The number of ether oxygens (including phenoxy) is 1. The van der Waals surface area contributed by atoms with Crippen molar-refractivity contribution in [3.8, 4) is 17.1 Å². The van der Waals surface area contributed by atoms with Gasteiger partial charge in [0.25, 0.3) is 0 Å². The SMILES string of the molecule is CC(C)c1noc(N2CCC([C@H](C)Oc3cnc(-c4ccnnc4)cn3)CC2)n1. The fourth-order valence-electron chi connectivity index (χ4n) is 3.40. The van der Waals surface area contributed by atoms with Crippen molar-refractivity contribution in [3.05, 3.63) is 36.7 Å². The summed E-state index contributed by atoms with van der Waals surface area (Å²) >= 11 is 0. The smallest absolute Gasteiger partial charge is 0.324 e. The topological polar surface area (TPSA) is 103 Å². The molecule has 9 nitrogen and oxygen atoms in total. The standard InChI is InChI=1S/C20H25N7O2/c1-13(2)19-25-20(29-26-19)27-8-5-15(6-9-27)14(3)28-18-12-21-17(11-22-18)16-4-7-23-24-10-16/h4,7,10-15H,5-6,8-9H2,1-3H3/t14-/m0/s1. The van der Waals surface area contributed by atoms with E-state index in [2.05, 4.69) is 56.0 Å². The summed E-state index contributed by atoms with van der Waals surface area (Å²) in [6, 6.07) is 2.47. The highest BCUT2D eigenvalue weighted by Gasteiger charge is 2.28. The van der Waals surface area contributed by atoms with Gasteiger partial charge in [-0.15, -0.1) is 0 Å². The van der Waals surface area contributed by atoms with E-state index < -0.39 is 0 Å². The van der Waals surface area contributed by atoms with Gasteiger partial charge in [0.1, 0.15) is 6.10 Å². The van der Waals surface area contributed by atoms with E-state index in [-0.39, 0.29) is 12.0 Å². The summed E-state index contributed by atoms with van der Waals surface area (Å²) < 4.78 is 11.5. The van der Waals surface area contributed by atoms with E-state index in [4.69, 9.17) is 9.26 Å². The van der Waals surface area contributed by atoms with Crippen LogP contribution in [0, 0.1) is 5.92 Å². The Morgan fingerprint density at radius 2 is 1.90 bits per heavy atom. The quantitative estimate of drug-likeness (QED) is 0.622. The van der Waals surface area contributed by atoms with Gasteiger partial charge < -0.3 is 14.2 Å². The highest BCUT2D eigenvalue weighted by molar-refractivity contribution is 5.55. The zero-order chi connectivity index (χ0) is 20.2. The molecule has 0 saturated carbocycles. The zero-order valence-corrected chi connectivity index (χ0v) is 16.9. The van der Waals surface area contributed by atoms with E-state index in [1.807, 2.05) is 6.07 Å². The van der Waals surface area contributed by atoms with Crippen LogP contribution in [0.1, 0.15) is 45.4 Å². The van der Waals surface area contributed by atoms with E-state index in [9.17, 15) is 0 Å². The number of anilines is 1. The van der Waals surface area contributed by atoms with Gasteiger partial charge in [0.05, 0.1) is 30.5 Å². The van der Waals surface area contributed by atoms with Crippen LogP contribution in [0.3, 0.4) is 0 Å². The summed E-state index contributed by atoms with van der Waals surface area (Å²) in [7, 11) is 0. The van der Waals surface area contributed by atoms with Crippen LogP contribution < -0.4 is 9.64 Å². The van der Waals surface area contributed by atoms with Gasteiger partial charge in [0, 0.05) is 24.6 Å². The van der Waals surface area contributed by atoms with Gasteiger partial charge >= 0.3 is 6.01 Å². The number of aromatic nitrogens is 6. The van der Waals surface area contributed by atoms with Crippen LogP contribution in [0.4, 0.5) is 6.01 Å². The first-order valence-electron chi connectivity index (χ1n) is 9.94. The monoisotopic (exact) mass is 395 g/mol. The van der Waals surface area contributed by atoms with Gasteiger partial charge in [0.15, 0.2) is 5.82 Å². The first-order valence-corrected chi connectivity index (χ1v) is 9.94. The Morgan fingerprint density at radius 3 is 2.52 bits per heavy atom. The van der Waals surface area contributed by atoms with Gasteiger partial charge in [-0.2, -0.15) is 15.2 Å². The Kier molecular flexibility index (Phi) is 5.64. The second-order valence-corrected chi connectivity index (χ2v) is 7.61. The highest BCUT2D eigenvalue weighted by Crippen LogP contribution is 2.27. The lowest BCUT2D eigenvalue weighted by atomic mass is 9.92. The van der Waals surface area contributed by atoms with Gasteiger partial charge in [-0.3, -0.25) is 0 Å². The predicted octanol–water partition coefficient (Wildman–Crippen LogP) is 3.12. The largest absolute Gasteiger partial charge is 0.473 e. The Hall–Kier alpha value is -3.10. The summed E-state index contributed by atoms with van der Waals surface area (Å²) in [5, 5.41) is 11.7. The minimum Gasteiger partial charge on any atom is -0.473 e. The molecule has 0 unspecified atom stereocenters. The van der Waals surface area contributed by atoms with Crippen molar-refractivity contribution in [2.24, 2.45) is 5.92 Å². The van der Waals surface area contributed by atoms with Crippen molar-refractivity contribution in [2.75, 3.05) is 18.0 Å². The molecular formula is C20H25N7O2. The second kappa shape index (κ2) is 8.50. The van der Waals surface area contributed by atoms with Crippen LogP contribution in [0.15, 0.2) is 35.4 Å². The highest BCUT2D eigenvalue weighted by atomic mass is 16.5. The normalized spacial score (nSPS) is 16.2. The fourth-order valence-corrected chi connectivity index (χ4v) is 3.40. The minimum atomic E-state index is 0.0498. The summed E-state index contributed by atoms with van der Waals surface area (Å²) in [5.74, 6) is 1.98. The van der Waals surface area contributed by atoms with Crippen LogP contribution in [0.25, 0.3) is 11.3 Å². The van der Waals surface area contributed by atoms with E-state index in [0.29, 0.717) is 17.8 Å². The molecule has 4 heterocycles. The maximum absolute atomic E-state index is 6.05. The van der Waals surface area contributed by atoms with Crippen molar-refractivity contribution in [2.45, 2.75) is 45.6 Å². The van der Waals surface area contributed by atoms with Gasteiger partial charge in [-0.05, 0) is 31.7 Å². The number of rotatable bonds is 6. The molecule has 1 saturated heterocycles. The summed E-state index contributed by atoms with van der Waals surface area (Å²) in [6.07, 6.45) is 8.69. The lowest BCUT2D eigenvalue weighted by molar-refractivity contribution is 0.126. The molecule has 3 aromatic rings. The molecule has 0 radical (unpaired) electrons. The molecule has 9 heteroatoms. The molecule has 1 aliphatic rings. The molecule has 1 aliphatic heterocycles. The molecule has 3 aromatic heterocycles. The Balaban J connectivity index is 1.31. The van der Waals surface area contributed by atoms with Crippen LogP contribution in [-0.2, 0) is 0 Å². The van der Waals surface area contributed by atoms with Gasteiger partial charge in [-0.25, -0.2) is 9.97 Å². The first kappa shape index (κ1) is 19.2. The van der Waals surface area contributed by atoms with Crippen molar-refractivity contribution in [3.63, 3.8) is 0 Å². The molecule has 29 heavy (non-hydrogen) atoms. The third-order valence-corrected chi connectivity index (χ3v) is 5.24. The third kappa shape index (κ3) is 4.49. The second-order valence-electron chi connectivity index (χ2n) is 7.61. The minimum absolute atomic E-state index is 0.0498. The molecule has 0 bridgehead atoms. The predicted molar refractivity (Wildman–Crippen MR) is 106 cm³/mol. The number of nitrogens with zero attached hydrogens (tertiary/aromatic N) is 7. The average Bonchev–Trinajstić information content (AvgIpc) is 3.26. The van der Waals surface area contributed by atoms with Crippen molar-refractivity contribution in [1.82, 2.24) is 30.3 Å². The lowest BCUT2D eigenvalue weighted by Crippen LogP contribution is -2.39. The molecule has 152 valence electrons. The van der Waals surface area contributed by atoms with E-state index in [0.717, 1.165) is 43.0 Å². The van der Waals surface area contributed by atoms with Crippen LogP contribution >= 0.6 is 0 Å². The summed E-state index contributed by atoms with van der Waals surface area (Å²) in [6.45, 7) is 7.95. The third-order valence-electron chi connectivity index (χ3n) is 5.24. The van der Waals surface area contributed by atoms with Gasteiger partial charge in [0.2, 0.25) is 5.88 Å². The fraction of sp³-hybridized carbons (Fsp3) is 0.500. The van der Waals surface area contributed by atoms with Crippen molar-refractivity contribution < 1.29 is 9.26 Å². The van der Waals surface area contributed by atoms with Crippen LogP contribution in [-0.4, -0.2) is 49.5 Å². The van der Waals surface area contributed by atoms with Crippen molar-refractivity contribution >= 4 is 6.01 Å². The maximum Gasteiger partial charge on any atom is 0.324 e. The molecule has 0 N–H and O–H groups in total. The molecule has 0 spiro atoms. The Morgan fingerprint density at radius 1 is 1.07 bits per heavy atom. The molecule has 0 aromatic carbocycles. The van der Waals surface area contributed by atoms with E-state index in [1.165, 1.54) is 0 Å². The molecular weight excluding hydrogens is 370 g/mol. The number of hydrogen-bond acceptors (Lipinski definition) is 9. The lowest BCUT2D eigenvalue weighted by Gasteiger charge is -2.33. The van der Waals surface area contributed by atoms with Crippen molar-refractivity contribution in [1.29, 1.82) is 0 Å². The molecule has 0 aliphatic carbocycles. The summed E-state index contributed by atoms with van der Waals surface area (Å²) in [4.78, 5) is 15.5. The van der Waals surface area contributed by atoms with Crippen LogP contribution in [0.5, 0.6) is 5.88 Å². The molecule has 4 rings (SSSR count). The van der Waals surface area contributed by atoms with E-state index in [1.54, 1.807) is 24.8 Å². The zero-order valence-electron chi connectivity index (χ0n) is 16.9. The number of piperidine rings is 1. The Labute approximate surface area is 169 Å². The Bertz CT molecular complexity index is 906. The van der Waals surface area contributed by atoms with E-state index >= 15 is 0 Å². The number of hydrogen-bond donors (Lipinski definition) is 0. The summed E-state index contributed by atoms with van der Waals surface area (Å²) in [5.41, 5.74) is 1.62. The molecule has 1 atom stereocenters. The molecule has 1 fully saturated rings. The first-order chi connectivity index (χ1) is 14.1. The van der Waals surface area contributed by atoms with Crippen LogP contribution in [0.2, 0.25) is 0 Å². The average molecular weight is 395 g/mol. The molecule has 0 amide bonds.